The Labute approximate surface area is 103 Å². The van der Waals surface area contributed by atoms with Crippen molar-refractivity contribution in [1.82, 2.24) is 4.90 Å². The molecular weight excluding hydrogens is 173 g/mol. The molecule has 0 bridgehead atoms. The van der Waals surface area contributed by atoms with Crippen LogP contribution in [0.3, 0.4) is 0 Å². The van der Waals surface area contributed by atoms with Crippen LogP contribution in [0.4, 0.5) is 0 Å². The minimum Gasteiger partial charge on any atom is -0.358 e. The van der Waals surface area contributed by atoms with Crippen LogP contribution in [0, 0.1) is 18.8 Å². The fraction of sp³-hybridized carbons (Fsp3) is 0.600. The molecule has 2 saturated carbocycles. The third-order valence-corrected chi connectivity index (χ3v) is 2.95. The summed E-state index contributed by atoms with van der Waals surface area (Å²) in [5, 5.41) is 0. The fourth-order valence-electron chi connectivity index (χ4n) is 1.77. The maximum absolute atomic E-state index is 11.0. The first kappa shape index (κ1) is 13.2. The molecule has 2 aliphatic rings. The van der Waals surface area contributed by atoms with Gasteiger partial charge in [0.15, 0.2) is 0 Å². The number of amides is 1. The van der Waals surface area contributed by atoms with E-state index < -0.39 is 0 Å². The van der Waals surface area contributed by atoms with Crippen LogP contribution >= 0.6 is 0 Å². The fourth-order valence-corrected chi connectivity index (χ4v) is 1.77. The van der Waals surface area contributed by atoms with E-state index in [2.05, 4.69) is 6.58 Å². The van der Waals surface area contributed by atoms with Gasteiger partial charge in [-0.2, -0.15) is 0 Å². The van der Waals surface area contributed by atoms with Gasteiger partial charge in [0.25, 0.3) is 0 Å². The van der Waals surface area contributed by atoms with Crippen molar-refractivity contribution in [2.24, 2.45) is 11.3 Å². The minimum absolute atomic E-state index is 0. The molecule has 2 nitrogen and oxygen atoms in total. The van der Waals surface area contributed by atoms with Gasteiger partial charge in [0.2, 0.25) is 5.91 Å². The topological polar surface area (TPSA) is 20.3 Å². The summed E-state index contributed by atoms with van der Waals surface area (Å²) in [5.41, 5.74) is 0.577. The standard InChI is InChI=1S/C9H13NO.CH3.Na/c1-3-8(11)10(2)6-9-4-7(9)5-9;;/h3,7H,1,4-6H2,2H3;1H3;/q;-1;+1. The molecule has 0 aliphatic heterocycles. The Morgan fingerprint density at radius 2 is 2.15 bits per heavy atom. The molecular formula is C10H16NNaO. The predicted molar refractivity (Wildman–Crippen MR) is 49.4 cm³/mol. The summed E-state index contributed by atoms with van der Waals surface area (Å²) in [6.45, 7) is 4.40. The van der Waals surface area contributed by atoms with Crippen molar-refractivity contribution in [3.05, 3.63) is 20.1 Å². The van der Waals surface area contributed by atoms with E-state index in [1.54, 1.807) is 4.90 Å². The molecule has 0 radical (unpaired) electrons. The van der Waals surface area contributed by atoms with Gasteiger partial charge >= 0.3 is 29.6 Å². The van der Waals surface area contributed by atoms with Crippen molar-refractivity contribution in [3.63, 3.8) is 0 Å². The van der Waals surface area contributed by atoms with E-state index in [1.165, 1.54) is 18.9 Å². The Morgan fingerprint density at radius 1 is 1.69 bits per heavy atom. The van der Waals surface area contributed by atoms with Crippen LogP contribution in [-0.4, -0.2) is 24.4 Å². The summed E-state index contributed by atoms with van der Waals surface area (Å²) in [6, 6.07) is 0. The van der Waals surface area contributed by atoms with Crippen LogP contribution in [0.5, 0.6) is 0 Å². The Hall–Kier alpha value is 0.210. The Bertz CT molecular complexity index is 221. The van der Waals surface area contributed by atoms with Crippen molar-refractivity contribution in [3.8, 4) is 0 Å². The SMILES string of the molecule is C=CC(=O)N(C)CC12CC1C2.[CH3-].[Na+]. The second kappa shape index (κ2) is 4.16. The average Bonchev–Trinajstić information content (AvgIpc) is 2.74. The zero-order chi connectivity index (χ0) is 8.06. The van der Waals surface area contributed by atoms with E-state index in [-0.39, 0.29) is 42.9 Å². The molecule has 0 unspecified atom stereocenters. The number of nitrogens with zero attached hydrogens (tertiary/aromatic N) is 1. The molecule has 2 fully saturated rings. The van der Waals surface area contributed by atoms with Crippen molar-refractivity contribution in [1.29, 1.82) is 0 Å². The summed E-state index contributed by atoms with van der Waals surface area (Å²) in [6.07, 6.45) is 4.08. The second-order valence-electron chi connectivity index (χ2n) is 3.87. The van der Waals surface area contributed by atoms with Gasteiger partial charge in [-0.15, -0.1) is 0 Å². The van der Waals surface area contributed by atoms with Crippen LogP contribution in [-0.2, 0) is 4.79 Å². The third kappa shape index (κ3) is 2.36. The molecule has 68 valence electrons. The van der Waals surface area contributed by atoms with Crippen LogP contribution in [0.2, 0.25) is 0 Å². The average molecular weight is 189 g/mol. The summed E-state index contributed by atoms with van der Waals surface area (Å²) in [4.78, 5) is 12.8. The first-order chi connectivity index (χ1) is 5.18. The maximum Gasteiger partial charge on any atom is 1.00 e. The number of hydrogen-bond donors (Lipinski definition) is 0. The first-order valence-electron chi connectivity index (χ1n) is 4.05. The van der Waals surface area contributed by atoms with Gasteiger partial charge in [0.1, 0.15) is 0 Å². The molecule has 0 heterocycles. The van der Waals surface area contributed by atoms with Crippen LogP contribution in [0.1, 0.15) is 12.8 Å². The molecule has 0 saturated heterocycles. The molecule has 0 N–H and O–H groups in total. The van der Waals surface area contributed by atoms with Gasteiger partial charge < -0.3 is 12.3 Å². The first-order valence-corrected chi connectivity index (χ1v) is 4.05. The number of fused-ring (bicyclic) bond motifs is 1. The Balaban J connectivity index is 0.000000720. The smallest absolute Gasteiger partial charge is 0.358 e. The minimum atomic E-state index is 0. The van der Waals surface area contributed by atoms with Crippen LogP contribution in [0.15, 0.2) is 12.7 Å². The predicted octanol–water partition coefficient (Wildman–Crippen LogP) is -1.50. The molecule has 13 heavy (non-hydrogen) atoms. The van der Waals surface area contributed by atoms with Gasteiger partial charge in [0, 0.05) is 13.6 Å². The van der Waals surface area contributed by atoms with Crippen molar-refractivity contribution in [2.75, 3.05) is 13.6 Å². The van der Waals surface area contributed by atoms with Crippen molar-refractivity contribution in [2.45, 2.75) is 12.8 Å². The molecule has 0 aromatic rings. The maximum atomic E-state index is 11.0. The summed E-state index contributed by atoms with van der Waals surface area (Å²) in [5.74, 6) is 1.01. The Morgan fingerprint density at radius 3 is 2.46 bits per heavy atom. The van der Waals surface area contributed by atoms with Gasteiger partial charge in [-0.1, -0.05) is 6.58 Å². The molecule has 3 heteroatoms. The third-order valence-electron chi connectivity index (χ3n) is 2.95. The number of carbonyl (C=O) groups excluding carboxylic acids is 1. The quantitative estimate of drug-likeness (QED) is 0.300. The summed E-state index contributed by atoms with van der Waals surface area (Å²) in [7, 11) is 1.85. The van der Waals surface area contributed by atoms with Gasteiger partial charge in [-0.25, -0.2) is 0 Å². The number of carbonyl (C=O) groups is 1. The molecule has 0 aromatic heterocycles. The normalized spacial score (nSPS) is 31.6. The van der Waals surface area contributed by atoms with Gasteiger partial charge in [0.05, 0.1) is 0 Å². The zero-order valence-corrected chi connectivity index (χ0v) is 10.8. The second-order valence-corrected chi connectivity index (χ2v) is 3.87. The zero-order valence-electron chi connectivity index (χ0n) is 8.84. The Kier molecular flexibility index (Phi) is 4.23. The van der Waals surface area contributed by atoms with E-state index in [1.807, 2.05) is 7.05 Å². The monoisotopic (exact) mass is 189 g/mol. The van der Waals surface area contributed by atoms with Gasteiger partial charge in [-0.3, -0.25) is 4.79 Å². The number of hydrogen-bond acceptors (Lipinski definition) is 1. The van der Waals surface area contributed by atoms with E-state index in [0.717, 1.165) is 12.5 Å². The van der Waals surface area contributed by atoms with Crippen molar-refractivity contribution >= 4 is 5.91 Å². The van der Waals surface area contributed by atoms with Crippen LogP contribution < -0.4 is 29.6 Å². The molecule has 0 atom stereocenters. The summed E-state index contributed by atoms with van der Waals surface area (Å²) >= 11 is 0. The van der Waals surface area contributed by atoms with E-state index >= 15 is 0 Å². The largest absolute Gasteiger partial charge is 1.00 e. The molecule has 0 spiro atoms. The van der Waals surface area contributed by atoms with Crippen LogP contribution in [0.25, 0.3) is 0 Å². The van der Waals surface area contributed by atoms with Crippen molar-refractivity contribution < 1.29 is 34.4 Å². The number of rotatable bonds is 3. The van der Waals surface area contributed by atoms with Gasteiger partial charge in [-0.05, 0) is 30.3 Å². The number of likely N-dealkylation sites (N-methyl/N-ethyl adjacent to an activating group) is 1. The molecule has 2 rings (SSSR count). The van der Waals surface area contributed by atoms with E-state index in [4.69, 9.17) is 0 Å². The molecule has 1 amide bonds. The molecule has 2 aliphatic carbocycles. The molecule has 0 aromatic carbocycles. The summed E-state index contributed by atoms with van der Waals surface area (Å²) < 4.78 is 0. The van der Waals surface area contributed by atoms with E-state index in [9.17, 15) is 4.79 Å². The van der Waals surface area contributed by atoms with E-state index in [0.29, 0.717) is 5.41 Å².